The summed E-state index contributed by atoms with van der Waals surface area (Å²) in [6.45, 7) is 0. The molecule has 0 bridgehead atoms. The normalized spacial score (nSPS) is 10.6. The fourth-order valence-electron chi connectivity index (χ4n) is 1.16. The molecule has 0 unspecified atom stereocenters. The lowest BCUT2D eigenvalue weighted by atomic mass is 10.2. The van der Waals surface area contributed by atoms with Crippen LogP contribution in [0.2, 0.25) is 5.02 Å². The van der Waals surface area contributed by atoms with E-state index in [0.717, 1.165) is 6.20 Å². The van der Waals surface area contributed by atoms with Crippen molar-refractivity contribution < 1.29 is 4.39 Å². The van der Waals surface area contributed by atoms with Crippen LogP contribution in [0.5, 0.6) is 0 Å². The van der Waals surface area contributed by atoms with Crippen molar-refractivity contribution in [1.29, 1.82) is 0 Å². The number of halogens is 2. The second kappa shape index (κ2) is 2.85. The molecule has 2 aromatic rings. The van der Waals surface area contributed by atoms with Crippen LogP contribution in [0.1, 0.15) is 0 Å². The van der Waals surface area contributed by atoms with E-state index in [2.05, 4.69) is 4.98 Å². The van der Waals surface area contributed by atoms with Gasteiger partial charge < -0.3 is 5.73 Å². The Morgan fingerprint density at radius 2 is 2.15 bits per heavy atom. The molecule has 1 aromatic carbocycles. The summed E-state index contributed by atoms with van der Waals surface area (Å²) in [4.78, 5) is 3.86. The summed E-state index contributed by atoms with van der Waals surface area (Å²) in [6, 6.07) is 4.96. The summed E-state index contributed by atoms with van der Waals surface area (Å²) in [5.41, 5.74) is 6.23. The van der Waals surface area contributed by atoms with Crippen molar-refractivity contribution in [1.82, 2.24) is 4.98 Å². The van der Waals surface area contributed by atoms with E-state index in [-0.39, 0.29) is 5.69 Å². The summed E-state index contributed by atoms with van der Waals surface area (Å²) < 4.78 is 12.9. The molecule has 0 amide bonds. The predicted molar refractivity (Wildman–Crippen MR) is 51.1 cm³/mol. The second-order valence-corrected chi connectivity index (χ2v) is 3.12. The van der Waals surface area contributed by atoms with Gasteiger partial charge in [0.1, 0.15) is 0 Å². The highest BCUT2D eigenvalue weighted by atomic mass is 35.5. The average molecular weight is 197 g/mol. The lowest BCUT2D eigenvalue weighted by molar-refractivity contribution is 0.629. The van der Waals surface area contributed by atoms with E-state index < -0.39 is 5.82 Å². The molecule has 0 aliphatic rings. The standard InChI is InChI=1S/C9H6ClFN2/c10-5-1-2-6-8(3-5)13-4-7(11)9(6)12/h1-4H,(H2,12,13). The summed E-state index contributed by atoms with van der Waals surface area (Å²) in [5.74, 6) is -0.505. The number of rotatable bonds is 0. The number of nitrogen functional groups attached to an aromatic ring is 1. The van der Waals surface area contributed by atoms with Crippen LogP contribution in [-0.4, -0.2) is 4.98 Å². The van der Waals surface area contributed by atoms with E-state index in [1.54, 1.807) is 18.2 Å². The van der Waals surface area contributed by atoms with Crippen molar-refractivity contribution in [2.45, 2.75) is 0 Å². The van der Waals surface area contributed by atoms with Gasteiger partial charge in [-0.3, -0.25) is 4.98 Å². The molecule has 0 aliphatic heterocycles. The molecule has 0 atom stereocenters. The number of pyridine rings is 1. The molecule has 2 nitrogen and oxygen atoms in total. The van der Waals surface area contributed by atoms with E-state index in [1.165, 1.54) is 0 Å². The minimum absolute atomic E-state index is 0.113. The maximum Gasteiger partial charge on any atom is 0.164 e. The van der Waals surface area contributed by atoms with Crippen LogP contribution in [0.15, 0.2) is 24.4 Å². The molecular weight excluding hydrogens is 191 g/mol. The van der Waals surface area contributed by atoms with Gasteiger partial charge in [-0.15, -0.1) is 0 Å². The molecule has 66 valence electrons. The van der Waals surface area contributed by atoms with Crippen LogP contribution < -0.4 is 5.73 Å². The number of fused-ring (bicyclic) bond motifs is 1. The number of benzene rings is 1. The van der Waals surface area contributed by atoms with Crippen molar-refractivity contribution in [2.24, 2.45) is 0 Å². The SMILES string of the molecule is Nc1c(F)cnc2cc(Cl)ccc12. The molecule has 2 rings (SSSR count). The topological polar surface area (TPSA) is 38.9 Å². The number of anilines is 1. The first-order valence-electron chi connectivity index (χ1n) is 3.68. The predicted octanol–water partition coefficient (Wildman–Crippen LogP) is 2.61. The summed E-state index contributed by atoms with van der Waals surface area (Å²) in [7, 11) is 0. The maximum atomic E-state index is 12.9. The zero-order chi connectivity index (χ0) is 9.42. The van der Waals surface area contributed by atoms with E-state index >= 15 is 0 Å². The summed E-state index contributed by atoms with van der Waals surface area (Å²) in [5, 5.41) is 1.15. The zero-order valence-electron chi connectivity index (χ0n) is 6.59. The van der Waals surface area contributed by atoms with Crippen LogP contribution in [-0.2, 0) is 0 Å². The first-order chi connectivity index (χ1) is 6.18. The number of nitrogens with zero attached hydrogens (tertiary/aromatic N) is 1. The minimum Gasteiger partial charge on any atom is -0.396 e. The van der Waals surface area contributed by atoms with Gasteiger partial charge in [0.2, 0.25) is 0 Å². The van der Waals surface area contributed by atoms with Gasteiger partial charge in [0, 0.05) is 10.4 Å². The molecule has 0 saturated heterocycles. The third kappa shape index (κ3) is 1.31. The fourth-order valence-corrected chi connectivity index (χ4v) is 1.33. The monoisotopic (exact) mass is 196 g/mol. The third-order valence-corrected chi connectivity index (χ3v) is 2.06. The van der Waals surface area contributed by atoms with Crippen LogP contribution in [0.25, 0.3) is 10.9 Å². The van der Waals surface area contributed by atoms with Gasteiger partial charge in [-0.1, -0.05) is 11.6 Å². The van der Waals surface area contributed by atoms with Gasteiger partial charge in [0.25, 0.3) is 0 Å². The highest BCUT2D eigenvalue weighted by Gasteiger charge is 2.04. The van der Waals surface area contributed by atoms with Gasteiger partial charge >= 0.3 is 0 Å². The van der Waals surface area contributed by atoms with Gasteiger partial charge in [-0.25, -0.2) is 4.39 Å². The zero-order valence-corrected chi connectivity index (χ0v) is 7.35. The molecule has 1 aromatic heterocycles. The van der Waals surface area contributed by atoms with E-state index in [9.17, 15) is 4.39 Å². The van der Waals surface area contributed by atoms with Crippen molar-refractivity contribution in [3.05, 3.63) is 35.2 Å². The maximum absolute atomic E-state index is 12.9. The number of hydrogen-bond acceptors (Lipinski definition) is 2. The van der Waals surface area contributed by atoms with Gasteiger partial charge in [-0.05, 0) is 18.2 Å². The van der Waals surface area contributed by atoms with Crippen molar-refractivity contribution in [3.8, 4) is 0 Å². The molecule has 4 heteroatoms. The Bertz CT molecular complexity index is 470. The Kier molecular flexibility index (Phi) is 1.81. The lowest BCUT2D eigenvalue weighted by Gasteiger charge is -2.01. The first-order valence-corrected chi connectivity index (χ1v) is 4.05. The van der Waals surface area contributed by atoms with E-state index in [1.807, 2.05) is 0 Å². The molecule has 0 fully saturated rings. The average Bonchev–Trinajstić information content (AvgIpc) is 2.12. The Morgan fingerprint density at radius 3 is 2.92 bits per heavy atom. The number of nitrogens with two attached hydrogens (primary N) is 1. The highest BCUT2D eigenvalue weighted by molar-refractivity contribution is 6.31. The highest BCUT2D eigenvalue weighted by Crippen LogP contribution is 2.24. The Balaban J connectivity index is 2.87. The van der Waals surface area contributed by atoms with Gasteiger partial charge in [0.15, 0.2) is 5.82 Å². The molecule has 0 aliphatic carbocycles. The lowest BCUT2D eigenvalue weighted by Crippen LogP contribution is -1.93. The van der Waals surface area contributed by atoms with Crippen molar-refractivity contribution in [3.63, 3.8) is 0 Å². The Morgan fingerprint density at radius 1 is 1.38 bits per heavy atom. The van der Waals surface area contributed by atoms with Crippen molar-refractivity contribution in [2.75, 3.05) is 5.73 Å². The van der Waals surface area contributed by atoms with Crippen LogP contribution in [0, 0.1) is 5.82 Å². The summed E-state index contributed by atoms with van der Waals surface area (Å²) in [6.07, 6.45) is 1.09. The molecule has 0 spiro atoms. The smallest absolute Gasteiger partial charge is 0.164 e. The Hall–Kier alpha value is -1.35. The summed E-state index contributed by atoms with van der Waals surface area (Å²) >= 11 is 5.74. The molecular formula is C9H6ClFN2. The molecule has 2 N–H and O–H groups in total. The Labute approximate surface area is 79.1 Å². The number of aromatic nitrogens is 1. The van der Waals surface area contributed by atoms with E-state index in [4.69, 9.17) is 17.3 Å². The van der Waals surface area contributed by atoms with Gasteiger partial charge in [-0.2, -0.15) is 0 Å². The van der Waals surface area contributed by atoms with Crippen LogP contribution in [0.3, 0.4) is 0 Å². The molecule has 0 saturated carbocycles. The van der Waals surface area contributed by atoms with Gasteiger partial charge in [0.05, 0.1) is 17.4 Å². The second-order valence-electron chi connectivity index (χ2n) is 2.68. The van der Waals surface area contributed by atoms with Crippen LogP contribution >= 0.6 is 11.6 Å². The number of hydrogen-bond donors (Lipinski definition) is 1. The molecule has 13 heavy (non-hydrogen) atoms. The van der Waals surface area contributed by atoms with Crippen LogP contribution in [0.4, 0.5) is 10.1 Å². The molecule has 1 heterocycles. The van der Waals surface area contributed by atoms with E-state index in [0.29, 0.717) is 15.9 Å². The van der Waals surface area contributed by atoms with Crippen molar-refractivity contribution >= 4 is 28.2 Å². The quantitative estimate of drug-likeness (QED) is 0.704. The molecule has 0 radical (unpaired) electrons. The third-order valence-electron chi connectivity index (χ3n) is 1.82. The largest absolute Gasteiger partial charge is 0.396 e. The fraction of sp³-hybridized carbons (Fsp3) is 0. The minimum atomic E-state index is -0.505. The first kappa shape index (κ1) is 8.26.